The van der Waals surface area contributed by atoms with E-state index in [0.29, 0.717) is 11.1 Å². The monoisotopic (exact) mass is 268 g/mol. The number of H-pyrrole nitrogens is 1. The highest BCUT2D eigenvalue weighted by Crippen LogP contribution is 2.27. The molecule has 0 radical (unpaired) electrons. The zero-order valence-electron chi connectivity index (χ0n) is 10.8. The Morgan fingerprint density at radius 1 is 1.25 bits per heavy atom. The van der Waals surface area contributed by atoms with Crippen LogP contribution in [0.2, 0.25) is 0 Å². The number of furan rings is 1. The molecule has 0 saturated carbocycles. The molecule has 0 aliphatic rings. The third-order valence-electron chi connectivity index (χ3n) is 3.11. The van der Waals surface area contributed by atoms with Crippen LogP contribution in [0.25, 0.3) is 22.5 Å². The highest BCUT2D eigenvalue weighted by Gasteiger charge is 2.15. The molecule has 0 atom stereocenters. The van der Waals surface area contributed by atoms with Gasteiger partial charge in [0, 0.05) is 0 Å². The molecule has 0 saturated heterocycles. The first-order valence-electron chi connectivity index (χ1n) is 6.08. The molecule has 2 aromatic heterocycles. The van der Waals surface area contributed by atoms with E-state index in [1.165, 1.54) is 12.5 Å². The Morgan fingerprint density at radius 3 is 2.70 bits per heavy atom. The summed E-state index contributed by atoms with van der Waals surface area (Å²) in [5, 5.41) is 10.1. The number of hydrogen-bond acceptors (Lipinski definition) is 4. The lowest BCUT2D eigenvalue weighted by molar-refractivity contribution is 0.454. The predicted molar refractivity (Wildman–Crippen MR) is 74.4 cm³/mol. The first-order valence-corrected chi connectivity index (χ1v) is 6.08. The molecule has 1 aromatic carbocycles. The van der Waals surface area contributed by atoms with Crippen LogP contribution in [0.15, 0.2) is 52.1 Å². The number of nitrogens with one attached hydrogen (secondary N) is 1. The molecule has 5 heteroatoms. The van der Waals surface area contributed by atoms with Crippen LogP contribution in [0.4, 0.5) is 0 Å². The van der Waals surface area contributed by atoms with Crippen molar-refractivity contribution >= 4 is 0 Å². The molecule has 0 fully saturated rings. The van der Waals surface area contributed by atoms with Crippen molar-refractivity contribution in [3.8, 4) is 28.4 Å². The van der Waals surface area contributed by atoms with Gasteiger partial charge in [-0.05, 0) is 24.1 Å². The van der Waals surface area contributed by atoms with Crippen LogP contribution in [-0.4, -0.2) is 15.1 Å². The van der Waals surface area contributed by atoms with Crippen molar-refractivity contribution in [3.05, 3.63) is 58.8 Å². The summed E-state index contributed by atoms with van der Waals surface area (Å²) in [4.78, 5) is 18.9. The van der Waals surface area contributed by atoms with Crippen molar-refractivity contribution in [2.45, 2.75) is 6.92 Å². The molecule has 3 aromatic rings. The van der Waals surface area contributed by atoms with Gasteiger partial charge >= 0.3 is 0 Å². The zero-order valence-corrected chi connectivity index (χ0v) is 10.8. The first kappa shape index (κ1) is 12.2. The highest BCUT2D eigenvalue weighted by molar-refractivity contribution is 5.71. The second kappa shape index (κ2) is 4.70. The second-order valence-electron chi connectivity index (χ2n) is 4.44. The maximum absolute atomic E-state index is 12.2. The Balaban J connectivity index is 2.20. The van der Waals surface area contributed by atoms with E-state index in [9.17, 15) is 9.90 Å². The number of hydrogen-bond donors (Lipinski definition) is 2. The average molecular weight is 268 g/mol. The molecule has 100 valence electrons. The zero-order chi connectivity index (χ0) is 14.1. The van der Waals surface area contributed by atoms with Crippen molar-refractivity contribution in [2.75, 3.05) is 0 Å². The molecule has 3 rings (SSSR count). The molecular formula is C15H12N2O3. The minimum Gasteiger partial charge on any atom is -0.493 e. The Kier molecular flexibility index (Phi) is 2.87. The van der Waals surface area contributed by atoms with E-state index in [4.69, 9.17) is 4.42 Å². The van der Waals surface area contributed by atoms with Gasteiger partial charge < -0.3 is 14.5 Å². The van der Waals surface area contributed by atoms with E-state index in [1.54, 1.807) is 12.1 Å². The van der Waals surface area contributed by atoms with Gasteiger partial charge in [-0.15, -0.1) is 0 Å². The van der Waals surface area contributed by atoms with Gasteiger partial charge in [0.05, 0.1) is 11.8 Å². The summed E-state index contributed by atoms with van der Waals surface area (Å²) in [5.41, 5.74) is 1.95. The molecule has 2 N–H and O–H groups in total. The molecule has 0 spiro atoms. The van der Waals surface area contributed by atoms with Gasteiger partial charge in [0.2, 0.25) is 5.88 Å². The van der Waals surface area contributed by atoms with E-state index < -0.39 is 0 Å². The fourth-order valence-electron chi connectivity index (χ4n) is 2.09. The van der Waals surface area contributed by atoms with Crippen LogP contribution in [0.3, 0.4) is 0 Å². The number of aromatic amines is 1. The molecule has 0 amide bonds. The van der Waals surface area contributed by atoms with Gasteiger partial charge in [0.25, 0.3) is 5.56 Å². The Labute approximate surface area is 114 Å². The summed E-state index contributed by atoms with van der Waals surface area (Å²) >= 11 is 0. The standard InChI is InChI=1S/C15H12N2O3/c1-9-4-2-3-5-11(9)12-14(18)16-13(17-15(12)19)10-6-7-20-8-10/h2-8H,1H3,(H2,16,17,18,19). The van der Waals surface area contributed by atoms with Gasteiger partial charge in [-0.2, -0.15) is 4.98 Å². The molecule has 0 aliphatic heterocycles. The van der Waals surface area contributed by atoms with Crippen LogP contribution in [0.1, 0.15) is 5.56 Å². The fraction of sp³-hybridized carbons (Fsp3) is 0.0667. The number of benzene rings is 1. The van der Waals surface area contributed by atoms with Crippen molar-refractivity contribution in [1.82, 2.24) is 9.97 Å². The molecular weight excluding hydrogens is 256 g/mol. The van der Waals surface area contributed by atoms with Gasteiger partial charge in [-0.3, -0.25) is 4.79 Å². The normalized spacial score (nSPS) is 10.7. The summed E-state index contributed by atoms with van der Waals surface area (Å²) in [7, 11) is 0. The van der Waals surface area contributed by atoms with E-state index >= 15 is 0 Å². The van der Waals surface area contributed by atoms with E-state index in [1.807, 2.05) is 25.1 Å². The Bertz CT molecular complexity index is 804. The van der Waals surface area contributed by atoms with Crippen LogP contribution in [-0.2, 0) is 0 Å². The Morgan fingerprint density at radius 2 is 2.05 bits per heavy atom. The Hall–Kier alpha value is -2.82. The lowest BCUT2D eigenvalue weighted by atomic mass is 10.0. The predicted octanol–water partition coefficient (Wildman–Crippen LogP) is 2.71. The van der Waals surface area contributed by atoms with Crippen molar-refractivity contribution in [2.24, 2.45) is 0 Å². The fourth-order valence-corrected chi connectivity index (χ4v) is 2.09. The lowest BCUT2D eigenvalue weighted by Crippen LogP contribution is -2.12. The number of nitrogens with zero attached hydrogens (tertiary/aromatic N) is 1. The number of aromatic nitrogens is 2. The molecule has 5 nitrogen and oxygen atoms in total. The third-order valence-corrected chi connectivity index (χ3v) is 3.11. The molecule has 2 heterocycles. The van der Waals surface area contributed by atoms with Gasteiger partial charge in [-0.1, -0.05) is 24.3 Å². The van der Waals surface area contributed by atoms with Crippen LogP contribution in [0, 0.1) is 6.92 Å². The van der Waals surface area contributed by atoms with Crippen molar-refractivity contribution in [1.29, 1.82) is 0 Å². The number of rotatable bonds is 2. The summed E-state index contributed by atoms with van der Waals surface area (Å²) in [6.45, 7) is 1.87. The largest absolute Gasteiger partial charge is 0.493 e. The first-order chi connectivity index (χ1) is 9.66. The topological polar surface area (TPSA) is 79.1 Å². The highest BCUT2D eigenvalue weighted by atomic mass is 16.3. The molecule has 0 aliphatic carbocycles. The van der Waals surface area contributed by atoms with Crippen molar-refractivity contribution < 1.29 is 9.52 Å². The maximum Gasteiger partial charge on any atom is 0.262 e. The number of aromatic hydroxyl groups is 1. The van der Waals surface area contributed by atoms with Gasteiger partial charge in [-0.25, -0.2) is 0 Å². The average Bonchev–Trinajstić information content (AvgIpc) is 2.94. The summed E-state index contributed by atoms with van der Waals surface area (Å²) in [6, 6.07) is 8.99. The summed E-state index contributed by atoms with van der Waals surface area (Å²) in [5.74, 6) is -0.0159. The maximum atomic E-state index is 12.2. The molecule has 20 heavy (non-hydrogen) atoms. The van der Waals surface area contributed by atoms with Gasteiger partial charge in [0.1, 0.15) is 17.7 Å². The van der Waals surface area contributed by atoms with Crippen molar-refractivity contribution in [3.63, 3.8) is 0 Å². The SMILES string of the molecule is Cc1ccccc1-c1c(O)nc(-c2ccoc2)[nH]c1=O. The third kappa shape index (κ3) is 1.99. The van der Waals surface area contributed by atoms with E-state index in [0.717, 1.165) is 5.56 Å². The van der Waals surface area contributed by atoms with E-state index in [2.05, 4.69) is 9.97 Å². The summed E-state index contributed by atoms with van der Waals surface area (Å²) in [6.07, 6.45) is 2.92. The minimum absolute atomic E-state index is 0.176. The van der Waals surface area contributed by atoms with Gasteiger partial charge in [0.15, 0.2) is 0 Å². The molecule has 0 unspecified atom stereocenters. The van der Waals surface area contributed by atoms with Crippen LogP contribution >= 0.6 is 0 Å². The van der Waals surface area contributed by atoms with Crippen LogP contribution < -0.4 is 5.56 Å². The number of aryl methyl sites for hydroxylation is 1. The van der Waals surface area contributed by atoms with Crippen LogP contribution in [0.5, 0.6) is 5.88 Å². The minimum atomic E-state index is -0.386. The molecule has 0 bridgehead atoms. The van der Waals surface area contributed by atoms with E-state index in [-0.39, 0.29) is 22.8 Å². The second-order valence-corrected chi connectivity index (χ2v) is 4.44. The smallest absolute Gasteiger partial charge is 0.262 e. The lowest BCUT2D eigenvalue weighted by Gasteiger charge is -2.07. The quantitative estimate of drug-likeness (QED) is 0.749. The summed E-state index contributed by atoms with van der Waals surface area (Å²) < 4.78 is 4.94.